The Morgan fingerprint density at radius 3 is 2.86 bits per heavy atom. The number of benzene rings is 1. The first-order chi connectivity index (χ1) is 9.93. The van der Waals surface area contributed by atoms with Crippen LogP contribution >= 0.6 is 0 Å². The van der Waals surface area contributed by atoms with Crippen LogP contribution in [0.5, 0.6) is 0 Å². The van der Waals surface area contributed by atoms with Crippen LogP contribution in [0.1, 0.15) is 36.5 Å². The van der Waals surface area contributed by atoms with Crippen LogP contribution in [0.25, 0.3) is 0 Å². The highest BCUT2D eigenvalue weighted by atomic mass is 19.1. The van der Waals surface area contributed by atoms with Crippen LogP contribution in [0.3, 0.4) is 0 Å². The van der Waals surface area contributed by atoms with Crippen LogP contribution in [0.2, 0.25) is 0 Å². The summed E-state index contributed by atoms with van der Waals surface area (Å²) in [5.41, 5.74) is -0.814. The Morgan fingerprint density at radius 1 is 1.52 bits per heavy atom. The number of nitro benzene ring substituents is 1. The van der Waals surface area contributed by atoms with Gasteiger partial charge in [-0.1, -0.05) is 13.3 Å². The highest BCUT2D eigenvalue weighted by Crippen LogP contribution is 2.25. The molecule has 21 heavy (non-hydrogen) atoms. The number of amides is 2. The number of nitrogens with zero attached hydrogens (tertiary/aromatic N) is 2. The fourth-order valence-electron chi connectivity index (χ4n) is 2.52. The maximum Gasteiger partial charge on any atom is 0.305 e. The van der Waals surface area contributed by atoms with Crippen molar-refractivity contribution < 1.29 is 18.9 Å². The Labute approximate surface area is 120 Å². The minimum Gasteiger partial charge on any atom is -0.278 e. The fraction of sp³-hybridized carbons (Fsp3) is 0.429. The summed E-state index contributed by atoms with van der Waals surface area (Å²) in [6, 6.07) is 2.90. The summed E-state index contributed by atoms with van der Waals surface area (Å²) < 4.78 is 13.3. The quantitative estimate of drug-likeness (QED) is 0.485. The SMILES string of the molecule is CCCC1CC(=O)N(C(=O)c2ccc(F)c([N+](=O)[O-])c2)C1. The molecule has 0 aliphatic carbocycles. The van der Waals surface area contributed by atoms with E-state index in [9.17, 15) is 24.1 Å². The monoisotopic (exact) mass is 294 g/mol. The van der Waals surface area contributed by atoms with E-state index in [1.54, 1.807) is 0 Å². The molecule has 0 bridgehead atoms. The predicted molar refractivity (Wildman–Crippen MR) is 72.1 cm³/mol. The zero-order valence-electron chi connectivity index (χ0n) is 11.5. The zero-order chi connectivity index (χ0) is 15.6. The van der Waals surface area contributed by atoms with Crippen LogP contribution in [0, 0.1) is 21.8 Å². The van der Waals surface area contributed by atoms with Gasteiger partial charge < -0.3 is 0 Å². The molecule has 1 unspecified atom stereocenters. The van der Waals surface area contributed by atoms with E-state index in [1.165, 1.54) is 0 Å². The molecule has 0 aromatic heterocycles. The van der Waals surface area contributed by atoms with Gasteiger partial charge in [0.1, 0.15) is 0 Å². The van der Waals surface area contributed by atoms with Gasteiger partial charge in [-0.25, -0.2) is 0 Å². The lowest BCUT2D eigenvalue weighted by atomic mass is 10.0. The second-order valence-corrected chi connectivity index (χ2v) is 5.09. The Kier molecular flexibility index (Phi) is 4.30. The van der Waals surface area contributed by atoms with Gasteiger partial charge in [-0.05, 0) is 24.5 Å². The van der Waals surface area contributed by atoms with Crippen molar-refractivity contribution >= 4 is 17.5 Å². The molecular weight excluding hydrogens is 279 g/mol. The number of nitro groups is 1. The molecule has 1 fully saturated rings. The first-order valence-electron chi connectivity index (χ1n) is 6.72. The summed E-state index contributed by atoms with van der Waals surface area (Å²) in [6.07, 6.45) is 2.07. The molecule has 1 aliphatic rings. The Hall–Kier alpha value is -2.31. The maximum absolute atomic E-state index is 13.3. The highest BCUT2D eigenvalue weighted by molar-refractivity contribution is 6.06. The van der Waals surface area contributed by atoms with Gasteiger partial charge >= 0.3 is 5.69 Å². The molecule has 0 radical (unpaired) electrons. The Morgan fingerprint density at radius 2 is 2.24 bits per heavy atom. The number of rotatable bonds is 4. The number of hydrogen-bond donors (Lipinski definition) is 0. The molecule has 2 rings (SSSR count). The third-order valence-corrected chi connectivity index (χ3v) is 3.54. The topological polar surface area (TPSA) is 80.5 Å². The summed E-state index contributed by atoms with van der Waals surface area (Å²) in [5, 5.41) is 10.7. The van der Waals surface area contributed by atoms with Gasteiger partial charge in [-0.15, -0.1) is 0 Å². The van der Waals surface area contributed by atoms with Crippen molar-refractivity contribution in [1.29, 1.82) is 0 Å². The first-order valence-corrected chi connectivity index (χ1v) is 6.72. The van der Waals surface area contributed by atoms with E-state index in [1.807, 2.05) is 6.92 Å². The first kappa shape index (κ1) is 15.1. The number of likely N-dealkylation sites (tertiary alicyclic amines) is 1. The molecule has 1 heterocycles. The molecule has 2 amide bonds. The van der Waals surface area contributed by atoms with Gasteiger partial charge in [-0.3, -0.25) is 24.6 Å². The van der Waals surface area contributed by atoms with Crippen LogP contribution < -0.4 is 0 Å². The predicted octanol–water partition coefficient (Wildman–Crippen LogP) is 2.52. The maximum atomic E-state index is 13.3. The van der Waals surface area contributed by atoms with E-state index < -0.39 is 22.3 Å². The van der Waals surface area contributed by atoms with Crippen molar-refractivity contribution in [2.45, 2.75) is 26.2 Å². The lowest BCUT2D eigenvalue weighted by Gasteiger charge is -2.14. The molecule has 112 valence electrons. The summed E-state index contributed by atoms with van der Waals surface area (Å²) in [4.78, 5) is 35.0. The van der Waals surface area contributed by atoms with Gasteiger partial charge in [0, 0.05) is 24.6 Å². The fourth-order valence-corrected chi connectivity index (χ4v) is 2.52. The smallest absolute Gasteiger partial charge is 0.278 e. The van der Waals surface area contributed by atoms with Crippen LogP contribution in [0.15, 0.2) is 18.2 Å². The number of halogens is 1. The largest absolute Gasteiger partial charge is 0.305 e. The Bertz CT molecular complexity index is 603. The minimum atomic E-state index is -1.01. The zero-order valence-corrected chi connectivity index (χ0v) is 11.5. The highest BCUT2D eigenvalue weighted by Gasteiger charge is 2.34. The van der Waals surface area contributed by atoms with Gasteiger partial charge in [0.25, 0.3) is 5.91 Å². The molecule has 0 N–H and O–H groups in total. The second-order valence-electron chi connectivity index (χ2n) is 5.09. The van der Waals surface area contributed by atoms with Crippen molar-refractivity contribution in [3.8, 4) is 0 Å². The molecule has 1 aliphatic heterocycles. The molecule has 1 aromatic carbocycles. The number of carbonyl (C=O) groups excluding carboxylic acids is 2. The van der Waals surface area contributed by atoms with Crippen molar-refractivity contribution in [3.05, 3.63) is 39.7 Å². The summed E-state index contributed by atoms with van der Waals surface area (Å²) in [7, 11) is 0. The summed E-state index contributed by atoms with van der Waals surface area (Å²) in [6.45, 7) is 2.31. The molecule has 0 saturated carbocycles. The van der Waals surface area contributed by atoms with E-state index in [0.29, 0.717) is 13.0 Å². The summed E-state index contributed by atoms with van der Waals surface area (Å²) >= 11 is 0. The molecular formula is C14H15FN2O4. The van der Waals surface area contributed by atoms with Crippen LogP contribution in [-0.2, 0) is 4.79 Å². The molecule has 1 aromatic rings. The lowest BCUT2D eigenvalue weighted by molar-refractivity contribution is -0.387. The normalized spacial score (nSPS) is 18.1. The number of imide groups is 1. The lowest BCUT2D eigenvalue weighted by Crippen LogP contribution is -2.32. The van der Waals surface area contributed by atoms with E-state index in [-0.39, 0.29) is 17.4 Å². The summed E-state index contributed by atoms with van der Waals surface area (Å²) in [5.74, 6) is -1.78. The van der Waals surface area contributed by atoms with Crippen molar-refractivity contribution in [1.82, 2.24) is 4.90 Å². The number of carbonyl (C=O) groups is 2. The van der Waals surface area contributed by atoms with E-state index in [4.69, 9.17) is 0 Å². The van der Waals surface area contributed by atoms with Crippen molar-refractivity contribution in [3.63, 3.8) is 0 Å². The van der Waals surface area contributed by atoms with Gasteiger partial charge in [-0.2, -0.15) is 4.39 Å². The average molecular weight is 294 g/mol. The van der Waals surface area contributed by atoms with Gasteiger partial charge in [0.05, 0.1) is 4.92 Å². The Balaban J connectivity index is 2.23. The van der Waals surface area contributed by atoms with Gasteiger partial charge in [0.2, 0.25) is 11.7 Å². The second kappa shape index (κ2) is 5.99. The minimum absolute atomic E-state index is 0.0476. The van der Waals surface area contributed by atoms with Gasteiger partial charge in [0.15, 0.2) is 0 Å². The molecule has 7 heteroatoms. The standard InChI is InChI=1S/C14H15FN2O4/c1-2-3-9-6-13(18)16(8-9)14(19)10-4-5-11(15)12(7-10)17(20)21/h4-5,7,9H,2-3,6,8H2,1H3. The van der Waals surface area contributed by atoms with Crippen molar-refractivity contribution in [2.75, 3.05) is 6.54 Å². The van der Waals surface area contributed by atoms with Crippen LogP contribution in [0.4, 0.5) is 10.1 Å². The third-order valence-electron chi connectivity index (χ3n) is 3.54. The molecule has 1 saturated heterocycles. The average Bonchev–Trinajstić information content (AvgIpc) is 2.79. The number of hydrogen-bond acceptors (Lipinski definition) is 4. The molecule has 0 spiro atoms. The van der Waals surface area contributed by atoms with E-state index >= 15 is 0 Å². The van der Waals surface area contributed by atoms with Crippen LogP contribution in [-0.4, -0.2) is 28.2 Å². The van der Waals surface area contributed by atoms with Crippen molar-refractivity contribution in [2.24, 2.45) is 5.92 Å². The van der Waals surface area contributed by atoms with E-state index in [2.05, 4.69) is 0 Å². The van der Waals surface area contributed by atoms with E-state index in [0.717, 1.165) is 35.9 Å². The third kappa shape index (κ3) is 3.07. The molecule has 6 nitrogen and oxygen atoms in total. The molecule has 1 atom stereocenters.